The molecule has 0 aliphatic rings. The molecule has 0 fully saturated rings. The van der Waals surface area contributed by atoms with E-state index in [9.17, 15) is 8.42 Å². The van der Waals surface area contributed by atoms with Crippen molar-refractivity contribution in [3.05, 3.63) is 66.4 Å². The SMILES string of the molecule is CC.Cc1ccccc1S(=O)(=O)n1ccc2ccccc21. The van der Waals surface area contributed by atoms with Crippen molar-refractivity contribution in [2.24, 2.45) is 0 Å². The minimum Gasteiger partial charge on any atom is -0.241 e. The molecule has 21 heavy (non-hydrogen) atoms. The summed E-state index contributed by atoms with van der Waals surface area (Å²) in [5.74, 6) is 0. The topological polar surface area (TPSA) is 39.1 Å². The van der Waals surface area contributed by atoms with E-state index in [1.54, 1.807) is 31.3 Å². The minimum absolute atomic E-state index is 0.344. The van der Waals surface area contributed by atoms with Crippen molar-refractivity contribution in [3.8, 4) is 0 Å². The van der Waals surface area contributed by atoms with Gasteiger partial charge in [0.05, 0.1) is 10.4 Å². The molecule has 1 heterocycles. The highest BCUT2D eigenvalue weighted by atomic mass is 32.2. The van der Waals surface area contributed by atoms with E-state index in [2.05, 4.69) is 0 Å². The Bertz CT molecular complexity index is 848. The normalized spacial score (nSPS) is 11.0. The molecule has 0 amide bonds. The predicted molar refractivity (Wildman–Crippen MR) is 87.0 cm³/mol. The first-order valence-electron chi connectivity index (χ1n) is 6.98. The van der Waals surface area contributed by atoms with Gasteiger partial charge in [-0.15, -0.1) is 0 Å². The van der Waals surface area contributed by atoms with E-state index < -0.39 is 10.0 Å². The average molecular weight is 301 g/mol. The second kappa shape index (κ2) is 6.14. The Hall–Kier alpha value is -2.07. The summed E-state index contributed by atoms with van der Waals surface area (Å²) in [6.07, 6.45) is 1.60. The van der Waals surface area contributed by atoms with Gasteiger partial charge in [0.15, 0.2) is 0 Å². The Kier molecular flexibility index (Phi) is 4.48. The highest BCUT2D eigenvalue weighted by Gasteiger charge is 2.20. The second-order valence-electron chi connectivity index (χ2n) is 4.44. The van der Waals surface area contributed by atoms with E-state index in [1.165, 1.54) is 3.97 Å². The van der Waals surface area contributed by atoms with Crippen LogP contribution in [0.4, 0.5) is 0 Å². The fraction of sp³-hybridized carbons (Fsp3) is 0.176. The van der Waals surface area contributed by atoms with Crippen LogP contribution in [0.1, 0.15) is 19.4 Å². The molecule has 2 aromatic carbocycles. The Morgan fingerprint density at radius 2 is 1.48 bits per heavy atom. The first-order chi connectivity index (χ1) is 10.1. The van der Waals surface area contributed by atoms with Gasteiger partial charge in [-0.3, -0.25) is 0 Å². The number of benzene rings is 2. The molecule has 0 bridgehead atoms. The first kappa shape index (κ1) is 15.3. The molecule has 4 heteroatoms. The standard InChI is InChI=1S/C15H13NO2S.C2H6/c1-12-6-2-5-9-15(12)19(17,18)16-11-10-13-7-3-4-8-14(13)16;1-2/h2-11H,1H3;1-2H3. The van der Waals surface area contributed by atoms with Crippen LogP contribution in [0.2, 0.25) is 0 Å². The zero-order valence-electron chi connectivity index (χ0n) is 12.4. The third-order valence-electron chi connectivity index (χ3n) is 3.19. The van der Waals surface area contributed by atoms with Crippen molar-refractivity contribution in [2.45, 2.75) is 25.7 Å². The Morgan fingerprint density at radius 3 is 2.19 bits per heavy atom. The summed E-state index contributed by atoms with van der Waals surface area (Å²) in [7, 11) is -3.54. The van der Waals surface area contributed by atoms with Crippen molar-refractivity contribution < 1.29 is 8.42 Å². The molecule has 3 rings (SSSR count). The van der Waals surface area contributed by atoms with Gasteiger partial charge in [-0.1, -0.05) is 50.2 Å². The van der Waals surface area contributed by atoms with Gasteiger partial charge in [-0.2, -0.15) is 0 Å². The first-order valence-corrected chi connectivity index (χ1v) is 8.42. The molecule has 1 aromatic heterocycles. The number of hydrogen-bond donors (Lipinski definition) is 0. The third kappa shape index (κ3) is 2.72. The van der Waals surface area contributed by atoms with Gasteiger partial charge in [0.2, 0.25) is 0 Å². The molecule has 0 unspecified atom stereocenters. The van der Waals surface area contributed by atoms with Crippen LogP contribution in [0.15, 0.2) is 65.7 Å². The summed E-state index contributed by atoms with van der Waals surface area (Å²) < 4.78 is 26.7. The van der Waals surface area contributed by atoms with Gasteiger partial charge in [-0.05, 0) is 30.7 Å². The predicted octanol–water partition coefficient (Wildman–Crippen LogP) is 4.21. The van der Waals surface area contributed by atoms with Crippen LogP contribution in [0, 0.1) is 6.92 Å². The molecular formula is C17H19NO2S. The molecule has 110 valence electrons. The number of aryl methyl sites for hydroxylation is 1. The van der Waals surface area contributed by atoms with Crippen molar-refractivity contribution in [2.75, 3.05) is 0 Å². The quantitative estimate of drug-likeness (QED) is 0.711. The lowest BCUT2D eigenvalue weighted by Crippen LogP contribution is -2.12. The van der Waals surface area contributed by atoms with Crippen LogP contribution in [0.25, 0.3) is 10.9 Å². The molecule has 0 saturated carbocycles. The largest absolute Gasteiger partial charge is 0.268 e. The van der Waals surface area contributed by atoms with E-state index in [0.29, 0.717) is 10.4 Å². The third-order valence-corrected chi connectivity index (χ3v) is 5.04. The Labute approximate surface area is 125 Å². The van der Waals surface area contributed by atoms with Gasteiger partial charge >= 0.3 is 0 Å². The molecule has 0 atom stereocenters. The van der Waals surface area contributed by atoms with Crippen LogP contribution in [-0.2, 0) is 10.0 Å². The Morgan fingerprint density at radius 1 is 0.857 bits per heavy atom. The van der Waals surface area contributed by atoms with Crippen LogP contribution in [0.5, 0.6) is 0 Å². The fourth-order valence-electron chi connectivity index (χ4n) is 2.22. The molecule has 3 nitrogen and oxygen atoms in total. The summed E-state index contributed by atoms with van der Waals surface area (Å²) >= 11 is 0. The van der Waals surface area contributed by atoms with Crippen LogP contribution in [-0.4, -0.2) is 12.4 Å². The molecule has 3 aromatic rings. The van der Waals surface area contributed by atoms with Crippen LogP contribution in [0.3, 0.4) is 0 Å². The lowest BCUT2D eigenvalue weighted by atomic mass is 10.2. The van der Waals surface area contributed by atoms with Gasteiger partial charge in [0.1, 0.15) is 0 Å². The fourth-order valence-corrected chi connectivity index (χ4v) is 3.80. The number of hydrogen-bond acceptors (Lipinski definition) is 2. The van der Waals surface area contributed by atoms with E-state index >= 15 is 0 Å². The number of rotatable bonds is 2. The monoisotopic (exact) mass is 301 g/mol. The van der Waals surface area contributed by atoms with Crippen molar-refractivity contribution in [1.29, 1.82) is 0 Å². The van der Waals surface area contributed by atoms with Crippen molar-refractivity contribution in [1.82, 2.24) is 3.97 Å². The van der Waals surface area contributed by atoms with E-state index in [1.807, 2.05) is 50.2 Å². The van der Waals surface area contributed by atoms with Gasteiger partial charge < -0.3 is 0 Å². The van der Waals surface area contributed by atoms with Crippen LogP contribution < -0.4 is 0 Å². The van der Waals surface area contributed by atoms with Gasteiger partial charge in [0.25, 0.3) is 10.0 Å². The molecule has 0 spiro atoms. The maximum Gasteiger partial charge on any atom is 0.268 e. The van der Waals surface area contributed by atoms with E-state index in [-0.39, 0.29) is 0 Å². The average Bonchev–Trinajstić information content (AvgIpc) is 2.94. The molecule has 0 aliphatic carbocycles. The van der Waals surface area contributed by atoms with Gasteiger partial charge in [0, 0.05) is 11.6 Å². The van der Waals surface area contributed by atoms with Crippen molar-refractivity contribution in [3.63, 3.8) is 0 Å². The zero-order valence-corrected chi connectivity index (χ0v) is 13.3. The summed E-state index contributed by atoms with van der Waals surface area (Å²) in [5.41, 5.74) is 1.45. The molecule has 0 aliphatic heterocycles. The highest BCUT2D eigenvalue weighted by molar-refractivity contribution is 7.90. The summed E-state index contributed by atoms with van der Waals surface area (Å²) in [6, 6.07) is 16.3. The number of fused-ring (bicyclic) bond motifs is 1. The lowest BCUT2D eigenvalue weighted by molar-refractivity contribution is 0.588. The number of nitrogens with zero attached hydrogens (tertiary/aromatic N) is 1. The maximum absolute atomic E-state index is 12.7. The zero-order chi connectivity index (χ0) is 15.5. The second-order valence-corrected chi connectivity index (χ2v) is 6.22. The van der Waals surface area contributed by atoms with Gasteiger partial charge in [-0.25, -0.2) is 12.4 Å². The number of aromatic nitrogens is 1. The molecule has 0 radical (unpaired) electrons. The minimum atomic E-state index is -3.54. The van der Waals surface area contributed by atoms with E-state index in [0.717, 1.165) is 10.9 Å². The molecule has 0 N–H and O–H groups in total. The summed E-state index contributed by atoms with van der Waals surface area (Å²) in [5, 5.41) is 0.916. The summed E-state index contributed by atoms with van der Waals surface area (Å²) in [4.78, 5) is 0.344. The molecule has 0 saturated heterocycles. The Balaban J connectivity index is 0.000000774. The maximum atomic E-state index is 12.7. The number of para-hydroxylation sites is 1. The van der Waals surface area contributed by atoms with Crippen molar-refractivity contribution >= 4 is 20.9 Å². The van der Waals surface area contributed by atoms with E-state index in [4.69, 9.17) is 0 Å². The van der Waals surface area contributed by atoms with Crippen LogP contribution >= 0.6 is 0 Å². The molecular weight excluding hydrogens is 282 g/mol. The summed E-state index contributed by atoms with van der Waals surface area (Å²) in [6.45, 7) is 5.80. The highest BCUT2D eigenvalue weighted by Crippen LogP contribution is 2.23. The lowest BCUT2D eigenvalue weighted by Gasteiger charge is -2.09. The smallest absolute Gasteiger partial charge is 0.241 e.